The van der Waals surface area contributed by atoms with E-state index in [4.69, 9.17) is 18.9 Å². The van der Waals surface area contributed by atoms with Gasteiger partial charge < -0.3 is 23.8 Å². The highest BCUT2D eigenvalue weighted by Gasteiger charge is 2.16. The van der Waals surface area contributed by atoms with Crippen LogP contribution in [0.3, 0.4) is 0 Å². The molecule has 0 heterocycles. The third-order valence-electron chi connectivity index (χ3n) is 3.46. The molecule has 0 N–H and O–H groups in total. The number of nitrogens with zero attached hydrogens (tertiary/aromatic N) is 1. The summed E-state index contributed by atoms with van der Waals surface area (Å²) >= 11 is 0. The Morgan fingerprint density at radius 3 is 2.33 bits per heavy atom. The summed E-state index contributed by atoms with van der Waals surface area (Å²) in [6.45, 7) is 0.162. The first-order valence-corrected chi connectivity index (χ1v) is 8.51. The molecular weight excluding hydrogens is 325 g/mol. The van der Waals surface area contributed by atoms with Crippen LogP contribution in [0, 0.1) is 0 Å². The lowest BCUT2D eigenvalue weighted by Gasteiger charge is -2.20. The van der Waals surface area contributed by atoms with Crippen molar-refractivity contribution in [3.8, 4) is 17.2 Å². The van der Waals surface area contributed by atoms with Crippen molar-refractivity contribution in [2.75, 3.05) is 47.1 Å². The van der Waals surface area contributed by atoms with Gasteiger partial charge in [0.25, 0.3) is 0 Å². The van der Waals surface area contributed by atoms with E-state index in [2.05, 4.69) is 17.0 Å². The van der Waals surface area contributed by atoms with Gasteiger partial charge in [0.15, 0.2) is 18.3 Å². The van der Waals surface area contributed by atoms with Crippen molar-refractivity contribution in [2.45, 2.75) is 0 Å². The van der Waals surface area contributed by atoms with Crippen molar-refractivity contribution >= 4 is 24.9 Å². The topological polar surface area (TPSA) is 40.2 Å². The smallest absolute Gasteiger partial charge is 0.188 e. The SMILES string of the molecule is COCOc1c(OC)cc(OC)cc1Pc1ccccc1N(C)C. The Hall–Kier alpha value is -1.97. The summed E-state index contributed by atoms with van der Waals surface area (Å²) in [4.78, 5) is 2.11. The number of hydrogen-bond donors (Lipinski definition) is 0. The molecule has 2 aromatic carbocycles. The van der Waals surface area contributed by atoms with Crippen LogP contribution >= 0.6 is 8.58 Å². The molecule has 2 aromatic rings. The molecule has 0 aliphatic rings. The van der Waals surface area contributed by atoms with Crippen LogP contribution in [-0.2, 0) is 4.74 Å². The number of para-hydroxylation sites is 1. The Kier molecular flexibility index (Phi) is 6.71. The zero-order chi connectivity index (χ0) is 17.5. The fourth-order valence-electron chi connectivity index (χ4n) is 2.32. The fraction of sp³-hybridized carbons (Fsp3) is 0.333. The lowest BCUT2D eigenvalue weighted by molar-refractivity contribution is 0.0499. The van der Waals surface area contributed by atoms with Crippen LogP contribution in [0.2, 0.25) is 0 Å². The molecule has 0 fully saturated rings. The summed E-state index contributed by atoms with van der Waals surface area (Å²) in [6.07, 6.45) is 0. The van der Waals surface area contributed by atoms with Gasteiger partial charge in [-0.2, -0.15) is 0 Å². The van der Waals surface area contributed by atoms with Crippen molar-refractivity contribution in [3.63, 3.8) is 0 Å². The van der Waals surface area contributed by atoms with Crippen LogP contribution in [0.1, 0.15) is 0 Å². The van der Waals surface area contributed by atoms with Crippen LogP contribution in [0.15, 0.2) is 36.4 Å². The maximum absolute atomic E-state index is 5.77. The average molecular weight is 349 g/mol. The van der Waals surface area contributed by atoms with E-state index in [0.29, 0.717) is 20.1 Å². The molecule has 1 unspecified atom stereocenters. The second-order valence-electron chi connectivity index (χ2n) is 5.29. The first kappa shape index (κ1) is 18.4. The van der Waals surface area contributed by atoms with E-state index in [9.17, 15) is 0 Å². The molecule has 24 heavy (non-hydrogen) atoms. The van der Waals surface area contributed by atoms with Crippen LogP contribution < -0.4 is 29.7 Å². The molecule has 0 aliphatic heterocycles. The summed E-state index contributed by atoms with van der Waals surface area (Å²) in [6, 6.07) is 12.1. The maximum Gasteiger partial charge on any atom is 0.188 e. The van der Waals surface area contributed by atoms with Gasteiger partial charge in [-0.3, -0.25) is 0 Å². The molecule has 5 nitrogen and oxygen atoms in total. The van der Waals surface area contributed by atoms with Gasteiger partial charge in [-0.05, 0) is 12.1 Å². The minimum Gasteiger partial charge on any atom is -0.497 e. The van der Waals surface area contributed by atoms with Crippen molar-refractivity contribution < 1.29 is 18.9 Å². The molecule has 0 spiro atoms. The molecule has 0 bridgehead atoms. The largest absolute Gasteiger partial charge is 0.497 e. The summed E-state index contributed by atoms with van der Waals surface area (Å²) in [5, 5.41) is 2.23. The summed E-state index contributed by atoms with van der Waals surface area (Å²) < 4.78 is 21.7. The number of methoxy groups -OCH3 is 3. The van der Waals surface area contributed by atoms with Crippen LogP contribution in [0.25, 0.3) is 0 Å². The first-order chi connectivity index (χ1) is 11.6. The lowest BCUT2D eigenvalue weighted by atomic mass is 10.3. The third-order valence-corrected chi connectivity index (χ3v) is 4.79. The van der Waals surface area contributed by atoms with E-state index in [1.54, 1.807) is 21.3 Å². The van der Waals surface area contributed by atoms with Gasteiger partial charge in [0.1, 0.15) is 5.75 Å². The molecule has 2 rings (SSSR count). The second-order valence-corrected chi connectivity index (χ2v) is 6.62. The predicted octanol–water partition coefficient (Wildman–Crippen LogP) is 2.38. The first-order valence-electron chi connectivity index (χ1n) is 7.51. The Morgan fingerprint density at radius 2 is 1.71 bits per heavy atom. The van der Waals surface area contributed by atoms with Crippen LogP contribution in [-0.4, -0.2) is 42.2 Å². The fourth-order valence-corrected chi connectivity index (χ4v) is 3.75. The van der Waals surface area contributed by atoms with E-state index in [0.717, 1.165) is 11.1 Å². The van der Waals surface area contributed by atoms with Crippen molar-refractivity contribution in [1.29, 1.82) is 0 Å². The Bertz CT molecular complexity index is 676. The lowest BCUT2D eigenvalue weighted by Crippen LogP contribution is -2.18. The van der Waals surface area contributed by atoms with Gasteiger partial charge in [-0.15, -0.1) is 0 Å². The monoisotopic (exact) mass is 349 g/mol. The van der Waals surface area contributed by atoms with E-state index >= 15 is 0 Å². The van der Waals surface area contributed by atoms with Crippen molar-refractivity contribution in [2.24, 2.45) is 0 Å². The molecular formula is C18H24NO4P. The highest BCUT2D eigenvalue weighted by atomic mass is 31.1. The molecule has 0 radical (unpaired) electrons. The summed E-state index contributed by atoms with van der Waals surface area (Å²) in [5.74, 6) is 2.06. The van der Waals surface area contributed by atoms with Crippen LogP contribution in [0.5, 0.6) is 17.2 Å². The van der Waals surface area contributed by atoms with Gasteiger partial charge >= 0.3 is 0 Å². The molecule has 0 aliphatic carbocycles. The van der Waals surface area contributed by atoms with E-state index < -0.39 is 0 Å². The number of benzene rings is 2. The number of ether oxygens (including phenoxy) is 4. The van der Waals surface area contributed by atoms with Gasteiger partial charge in [-0.1, -0.05) is 26.8 Å². The Labute approximate surface area is 145 Å². The van der Waals surface area contributed by atoms with Gasteiger partial charge in [0.2, 0.25) is 0 Å². The van der Waals surface area contributed by atoms with Gasteiger partial charge in [0, 0.05) is 43.6 Å². The number of hydrogen-bond acceptors (Lipinski definition) is 5. The van der Waals surface area contributed by atoms with Crippen LogP contribution in [0.4, 0.5) is 5.69 Å². The quantitative estimate of drug-likeness (QED) is 0.541. The van der Waals surface area contributed by atoms with Crippen molar-refractivity contribution in [3.05, 3.63) is 36.4 Å². The summed E-state index contributed by atoms with van der Waals surface area (Å²) in [7, 11) is 9.33. The molecule has 0 saturated carbocycles. The van der Waals surface area contributed by atoms with Gasteiger partial charge in [0.05, 0.1) is 14.2 Å². The van der Waals surface area contributed by atoms with E-state index in [-0.39, 0.29) is 6.79 Å². The van der Waals surface area contributed by atoms with Crippen molar-refractivity contribution in [1.82, 2.24) is 0 Å². The number of rotatable bonds is 8. The highest BCUT2D eigenvalue weighted by molar-refractivity contribution is 7.56. The molecule has 130 valence electrons. The molecule has 0 amide bonds. The normalized spacial score (nSPS) is 10.9. The highest BCUT2D eigenvalue weighted by Crippen LogP contribution is 2.35. The Balaban J connectivity index is 2.47. The molecule has 1 atom stereocenters. The number of anilines is 1. The zero-order valence-corrected chi connectivity index (χ0v) is 15.8. The van der Waals surface area contributed by atoms with E-state index in [1.807, 2.05) is 38.4 Å². The predicted molar refractivity (Wildman–Crippen MR) is 100 cm³/mol. The average Bonchev–Trinajstić information content (AvgIpc) is 2.60. The zero-order valence-electron chi connectivity index (χ0n) is 14.8. The minimum atomic E-state index is 0.162. The molecule has 0 aromatic heterocycles. The van der Waals surface area contributed by atoms with Gasteiger partial charge in [-0.25, -0.2) is 0 Å². The van der Waals surface area contributed by atoms with E-state index in [1.165, 1.54) is 11.0 Å². The summed E-state index contributed by atoms with van der Waals surface area (Å²) in [5.41, 5.74) is 1.18. The molecule has 6 heteroatoms. The maximum atomic E-state index is 5.77. The Morgan fingerprint density at radius 1 is 0.958 bits per heavy atom. The third kappa shape index (κ3) is 4.31. The standard InChI is InChI=1S/C18H24NO4P/c1-19(2)14-8-6-7-9-16(14)24-17-11-13(21-4)10-15(22-5)18(17)23-12-20-3/h6-11,24H,12H2,1-5H3. The molecule has 0 saturated heterocycles. The second kappa shape index (κ2) is 8.76. The minimum absolute atomic E-state index is 0.162.